The van der Waals surface area contributed by atoms with Crippen LogP contribution in [0.3, 0.4) is 0 Å². The molecule has 0 aromatic carbocycles. The molecule has 2 aromatic rings. The minimum atomic E-state index is -0.380. The van der Waals surface area contributed by atoms with E-state index in [0.29, 0.717) is 12.3 Å². The first kappa shape index (κ1) is 20.5. The second kappa shape index (κ2) is 7.30. The summed E-state index contributed by atoms with van der Waals surface area (Å²) in [5.74, 6) is 1.85. The molecule has 2 aromatic heterocycles. The number of aromatic nitrogens is 3. The molecule has 1 atom stereocenters. The monoisotopic (exact) mass is 384 g/mol. The van der Waals surface area contributed by atoms with Gasteiger partial charge in [-0.05, 0) is 19.8 Å². The first-order valence-corrected chi connectivity index (χ1v) is 10.1. The van der Waals surface area contributed by atoms with E-state index in [2.05, 4.69) is 30.9 Å². The van der Waals surface area contributed by atoms with Gasteiger partial charge in [0.15, 0.2) is 5.76 Å². The number of rotatable bonds is 2. The number of likely N-dealkylation sites (tertiary alicyclic amines) is 1. The molecular weight excluding hydrogens is 352 g/mol. The molecule has 6 heteroatoms. The van der Waals surface area contributed by atoms with Crippen LogP contribution in [-0.4, -0.2) is 39.0 Å². The summed E-state index contributed by atoms with van der Waals surface area (Å²) in [4.78, 5) is 24.4. The third-order valence-electron chi connectivity index (χ3n) is 5.12. The van der Waals surface area contributed by atoms with E-state index in [0.717, 1.165) is 42.2 Å². The molecule has 0 N–H and O–H groups in total. The van der Waals surface area contributed by atoms with E-state index in [-0.39, 0.29) is 22.7 Å². The van der Waals surface area contributed by atoms with Crippen LogP contribution in [-0.2, 0) is 10.2 Å². The quantitative estimate of drug-likeness (QED) is 0.763. The van der Waals surface area contributed by atoms with Crippen LogP contribution in [0.1, 0.15) is 77.5 Å². The number of carbonyl (C=O) groups is 1. The van der Waals surface area contributed by atoms with E-state index in [4.69, 9.17) is 9.51 Å². The van der Waals surface area contributed by atoms with Crippen molar-refractivity contribution in [3.8, 4) is 11.3 Å². The Kier molecular flexibility index (Phi) is 5.34. The van der Waals surface area contributed by atoms with Gasteiger partial charge in [0.2, 0.25) is 5.91 Å². The third-order valence-corrected chi connectivity index (χ3v) is 5.12. The van der Waals surface area contributed by atoms with Crippen LogP contribution in [0.15, 0.2) is 16.8 Å². The highest BCUT2D eigenvalue weighted by Crippen LogP contribution is 2.35. The second-order valence-electron chi connectivity index (χ2n) is 9.92. The van der Waals surface area contributed by atoms with Crippen molar-refractivity contribution >= 4 is 5.91 Å². The standard InChI is InChI=1S/C22H32N4O2/c1-14-11-17(28-25-14)16-12-23-19(21(2,3)4)24-18(16)15-9-8-10-26(13-15)20(27)22(5,6)7/h11-12,15H,8-10,13H2,1-7H3. The average Bonchev–Trinajstić information content (AvgIpc) is 3.05. The van der Waals surface area contributed by atoms with E-state index in [1.54, 1.807) is 0 Å². The minimum Gasteiger partial charge on any atom is -0.356 e. The molecule has 1 fully saturated rings. The average molecular weight is 385 g/mol. The maximum atomic E-state index is 12.8. The fourth-order valence-corrected chi connectivity index (χ4v) is 3.61. The number of hydrogen-bond donors (Lipinski definition) is 0. The molecular formula is C22H32N4O2. The van der Waals surface area contributed by atoms with Crippen LogP contribution in [0.2, 0.25) is 0 Å². The Labute approximate surface area is 167 Å². The zero-order valence-corrected chi connectivity index (χ0v) is 18.2. The predicted molar refractivity (Wildman–Crippen MR) is 109 cm³/mol. The first-order valence-electron chi connectivity index (χ1n) is 10.1. The number of nitrogens with zero attached hydrogens (tertiary/aromatic N) is 4. The Balaban J connectivity index is 2.01. The largest absolute Gasteiger partial charge is 0.356 e. The van der Waals surface area contributed by atoms with Gasteiger partial charge in [0.25, 0.3) is 0 Å². The fourth-order valence-electron chi connectivity index (χ4n) is 3.61. The Bertz CT molecular complexity index is 858. The highest BCUT2D eigenvalue weighted by Gasteiger charge is 2.34. The summed E-state index contributed by atoms with van der Waals surface area (Å²) in [5.41, 5.74) is 2.13. The Morgan fingerprint density at radius 1 is 1.21 bits per heavy atom. The van der Waals surface area contributed by atoms with Gasteiger partial charge in [-0.15, -0.1) is 0 Å². The number of amides is 1. The van der Waals surface area contributed by atoms with Gasteiger partial charge in [-0.2, -0.15) is 0 Å². The Morgan fingerprint density at radius 2 is 1.93 bits per heavy atom. The molecule has 0 aliphatic carbocycles. The highest BCUT2D eigenvalue weighted by molar-refractivity contribution is 5.81. The van der Waals surface area contributed by atoms with Gasteiger partial charge in [-0.25, -0.2) is 9.97 Å². The number of piperidine rings is 1. The van der Waals surface area contributed by atoms with Crippen LogP contribution < -0.4 is 0 Å². The molecule has 0 radical (unpaired) electrons. The molecule has 0 spiro atoms. The Hall–Kier alpha value is -2.24. The van der Waals surface area contributed by atoms with Crippen LogP contribution in [0, 0.1) is 12.3 Å². The van der Waals surface area contributed by atoms with E-state index < -0.39 is 0 Å². The topological polar surface area (TPSA) is 72.1 Å². The molecule has 1 amide bonds. The van der Waals surface area contributed by atoms with Crippen LogP contribution in [0.4, 0.5) is 0 Å². The summed E-state index contributed by atoms with van der Waals surface area (Å²) >= 11 is 0. The molecule has 6 nitrogen and oxygen atoms in total. The molecule has 1 unspecified atom stereocenters. The molecule has 1 saturated heterocycles. The summed E-state index contributed by atoms with van der Waals surface area (Å²) < 4.78 is 5.53. The van der Waals surface area contributed by atoms with E-state index in [1.807, 2.05) is 44.9 Å². The van der Waals surface area contributed by atoms with Gasteiger partial charge >= 0.3 is 0 Å². The zero-order valence-electron chi connectivity index (χ0n) is 18.2. The Morgan fingerprint density at radius 3 is 2.50 bits per heavy atom. The van der Waals surface area contributed by atoms with Crippen molar-refractivity contribution in [1.82, 2.24) is 20.0 Å². The van der Waals surface area contributed by atoms with Gasteiger partial charge in [0.1, 0.15) is 5.82 Å². The fraction of sp³-hybridized carbons (Fsp3) is 0.636. The lowest BCUT2D eigenvalue weighted by Crippen LogP contribution is -2.44. The lowest BCUT2D eigenvalue weighted by molar-refractivity contribution is -0.140. The van der Waals surface area contributed by atoms with Gasteiger partial charge in [-0.1, -0.05) is 46.7 Å². The lowest BCUT2D eigenvalue weighted by atomic mass is 9.87. The van der Waals surface area contributed by atoms with Crippen molar-refractivity contribution in [3.63, 3.8) is 0 Å². The lowest BCUT2D eigenvalue weighted by Gasteiger charge is -2.36. The summed E-state index contributed by atoms with van der Waals surface area (Å²) in [6, 6.07) is 1.92. The predicted octanol–water partition coefficient (Wildman–Crippen LogP) is 4.49. The van der Waals surface area contributed by atoms with Gasteiger partial charge in [-0.3, -0.25) is 4.79 Å². The van der Waals surface area contributed by atoms with Crippen molar-refractivity contribution in [2.45, 2.75) is 72.6 Å². The molecule has 152 valence electrons. The maximum absolute atomic E-state index is 12.8. The zero-order chi connectivity index (χ0) is 20.7. The molecule has 3 rings (SSSR count). The van der Waals surface area contributed by atoms with E-state index >= 15 is 0 Å². The molecule has 1 aliphatic heterocycles. The third kappa shape index (κ3) is 4.26. The van der Waals surface area contributed by atoms with Gasteiger partial charge in [0.05, 0.1) is 17.0 Å². The minimum absolute atomic E-state index is 0.153. The summed E-state index contributed by atoms with van der Waals surface area (Å²) in [6.07, 6.45) is 3.82. The van der Waals surface area contributed by atoms with E-state index in [1.165, 1.54) is 0 Å². The molecule has 0 bridgehead atoms. The molecule has 1 aliphatic rings. The second-order valence-corrected chi connectivity index (χ2v) is 9.92. The van der Waals surface area contributed by atoms with Gasteiger partial charge in [0, 0.05) is 42.1 Å². The van der Waals surface area contributed by atoms with Crippen LogP contribution in [0.5, 0.6) is 0 Å². The van der Waals surface area contributed by atoms with Crippen LogP contribution >= 0.6 is 0 Å². The molecule has 0 saturated carbocycles. The van der Waals surface area contributed by atoms with Crippen molar-refractivity contribution in [2.24, 2.45) is 5.41 Å². The number of hydrogen-bond acceptors (Lipinski definition) is 5. The normalized spacial score (nSPS) is 18.4. The van der Waals surface area contributed by atoms with Crippen molar-refractivity contribution < 1.29 is 9.32 Å². The SMILES string of the molecule is Cc1cc(-c2cnc(C(C)(C)C)nc2C2CCCN(C(=O)C(C)(C)C)C2)on1. The summed E-state index contributed by atoms with van der Waals surface area (Å²) in [6.45, 7) is 15.7. The number of carbonyl (C=O) groups excluding carboxylic acids is 1. The first-order chi connectivity index (χ1) is 13.0. The molecule has 28 heavy (non-hydrogen) atoms. The van der Waals surface area contributed by atoms with Crippen molar-refractivity contribution in [1.29, 1.82) is 0 Å². The van der Waals surface area contributed by atoms with E-state index in [9.17, 15) is 4.79 Å². The van der Waals surface area contributed by atoms with Crippen molar-refractivity contribution in [2.75, 3.05) is 13.1 Å². The molecule has 3 heterocycles. The van der Waals surface area contributed by atoms with Gasteiger partial charge < -0.3 is 9.42 Å². The maximum Gasteiger partial charge on any atom is 0.227 e. The summed E-state index contributed by atoms with van der Waals surface area (Å²) in [7, 11) is 0. The number of aryl methyl sites for hydroxylation is 1. The van der Waals surface area contributed by atoms with Crippen molar-refractivity contribution in [3.05, 3.63) is 29.5 Å². The highest BCUT2D eigenvalue weighted by atomic mass is 16.5. The smallest absolute Gasteiger partial charge is 0.227 e. The van der Waals surface area contributed by atoms with Crippen LogP contribution in [0.25, 0.3) is 11.3 Å². The summed E-state index contributed by atoms with van der Waals surface area (Å²) in [5, 5.41) is 4.03.